The minimum atomic E-state index is -0.779. The third-order valence-corrected chi connectivity index (χ3v) is 4.14. The van der Waals surface area contributed by atoms with Crippen molar-refractivity contribution in [3.8, 4) is 6.07 Å². The smallest absolute Gasteiger partial charge is 0.265 e. The molecule has 0 spiro atoms. The van der Waals surface area contributed by atoms with Gasteiger partial charge in [0.15, 0.2) is 0 Å². The predicted molar refractivity (Wildman–Crippen MR) is 88.1 cm³/mol. The quantitative estimate of drug-likeness (QED) is 0.845. The van der Waals surface area contributed by atoms with E-state index in [1.54, 1.807) is 18.5 Å². The van der Waals surface area contributed by atoms with Crippen LogP contribution in [0.1, 0.15) is 20.8 Å². The third kappa shape index (κ3) is 4.89. The first-order valence-electron chi connectivity index (χ1n) is 7.14. The van der Waals surface area contributed by atoms with E-state index >= 15 is 0 Å². The third-order valence-electron chi connectivity index (χ3n) is 3.23. The Morgan fingerprint density at radius 2 is 2.13 bits per heavy atom. The molecule has 2 aromatic rings. The number of amides is 1. The Labute approximate surface area is 139 Å². The molecule has 1 amide bonds. The van der Waals surface area contributed by atoms with Crippen LogP contribution < -0.4 is 0 Å². The molecule has 0 aliphatic carbocycles. The fraction of sp³-hybridized carbons (Fsp3) is 0.294. The molecule has 2 rings (SSSR count). The second-order valence-electron chi connectivity index (χ2n) is 5.12. The molecule has 0 saturated heterocycles. The molecular formula is C17H18N2O3S. The molecule has 1 N–H and O–H groups in total. The summed E-state index contributed by atoms with van der Waals surface area (Å²) in [6, 6.07) is 13.3. The molecule has 0 saturated carbocycles. The standard InChI is InChI=1S/C17H18N2O3S/c1-19(17(21)16-14(9-18)7-8-23-16)10-15(20)12-22-11-13-5-3-2-4-6-13/h2-8,15,20H,10-12H2,1H3. The van der Waals surface area contributed by atoms with Crippen molar-refractivity contribution in [3.63, 3.8) is 0 Å². The lowest BCUT2D eigenvalue weighted by Gasteiger charge is -2.20. The van der Waals surface area contributed by atoms with E-state index in [2.05, 4.69) is 0 Å². The number of rotatable bonds is 7. The monoisotopic (exact) mass is 330 g/mol. The second kappa shape index (κ2) is 8.44. The highest BCUT2D eigenvalue weighted by atomic mass is 32.1. The Bertz CT molecular complexity index is 679. The molecule has 23 heavy (non-hydrogen) atoms. The summed E-state index contributed by atoms with van der Waals surface area (Å²) in [5.74, 6) is -0.265. The number of carbonyl (C=O) groups is 1. The van der Waals surface area contributed by atoms with Gasteiger partial charge in [-0.05, 0) is 17.0 Å². The maximum atomic E-state index is 12.2. The topological polar surface area (TPSA) is 73.6 Å². The summed E-state index contributed by atoms with van der Waals surface area (Å²) in [5.41, 5.74) is 1.39. The van der Waals surface area contributed by atoms with Crippen LogP contribution in [-0.4, -0.2) is 42.2 Å². The van der Waals surface area contributed by atoms with E-state index in [0.29, 0.717) is 17.0 Å². The lowest BCUT2D eigenvalue weighted by Crippen LogP contribution is -2.36. The Balaban J connectivity index is 1.79. The molecule has 1 unspecified atom stereocenters. The van der Waals surface area contributed by atoms with Crippen molar-refractivity contribution in [3.05, 3.63) is 57.8 Å². The number of carbonyl (C=O) groups excluding carboxylic acids is 1. The number of nitriles is 1. The van der Waals surface area contributed by atoms with Crippen molar-refractivity contribution in [2.45, 2.75) is 12.7 Å². The first kappa shape index (κ1) is 17.2. The van der Waals surface area contributed by atoms with Crippen molar-refractivity contribution in [1.82, 2.24) is 4.90 Å². The fourth-order valence-electron chi connectivity index (χ4n) is 2.08. The van der Waals surface area contributed by atoms with Crippen LogP contribution >= 0.6 is 11.3 Å². The predicted octanol–water partition coefficient (Wildman–Crippen LogP) is 2.27. The molecule has 120 valence electrons. The molecule has 0 bridgehead atoms. The zero-order valence-corrected chi connectivity index (χ0v) is 13.6. The van der Waals surface area contributed by atoms with Crippen LogP contribution in [0.25, 0.3) is 0 Å². The van der Waals surface area contributed by atoms with Crippen molar-refractivity contribution in [2.24, 2.45) is 0 Å². The zero-order valence-electron chi connectivity index (χ0n) is 12.8. The lowest BCUT2D eigenvalue weighted by atomic mass is 10.2. The number of aliphatic hydroxyl groups excluding tert-OH is 1. The maximum Gasteiger partial charge on any atom is 0.265 e. The SMILES string of the molecule is CN(CC(O)COCc1ccccc1)C(=O)c1sccc1C#N. The van der Waals surface area contributed by atoms with Gasteiger partial charge in [-0.1, -0.05) is 30.3 Å². The summed E-state index contributed by atoms with van der Waals surface area (Å²) >= 11 is 1.23. The average Bonchev–Trinajstić information content (AvgIpc) is 3.03. The van der Waals surface area contributed by atoms with Crippen molar-refractivity contribution in [2.75, 3.05) is 20.2 Å². The van der Waals surface area contributed by atoms with Crippen LogP contribution in [0.4, 0.5) is 0 Å². The molecule has 0 radical (unpaired) electrons. The summed E-state index contributed by atoms with van der Waals surface area (Å²) in [4.78, 5) is 14.1. The van der Waals surface area contributed by atoms with Crippen LogP contribution in [0.2, 0.25) is 0 Å². The van der Waals surface area contributed by atoms with E-state index in [9.17, 15) is 9.90 Å². The maximum absolute atomic E-state index is 12.2. The molecule has 1 atom stereocenters. The van der Waals surface area contributed by atoms with E-state index in [-0.39, 0.29) is 19.1 Å². The summed E-state index contributed by atoms with van der Waals surface area (Å²) in [5, 5.41) is 20.7. The molecule has 0 aliphatic rings. The van der Waals surface area contributed by atoms with E-state index in [0.717, 1.165) is 5.56 Å². The summed E-state index contributed by atoms with van der Waals surface area (Å²) < 4.78 is 5.46. The largest absolute Gasteiger partial charge is 0.389 e. The van der Waals surface area contributed by atoms with Crippen molar-refractivity contribution in [1.29, 1.82) is 5.26 Å². The highest BCUT2D eigenvalue weighted by molar-refractivity contribution is 7.12. The Morgan fingerprint density at radius 1 is 1.39 bits per heavy atom. The van der Waals surface area contributed by atoms with Crippen molar-refractivity contribution < 1.29 is 14.6 Å². The van der Waals surface area contributed by atoms with Gasteiger partial charge in [-0.15, -0.1) is 11.3 Å². The van der Waals surface area contributed by atoms with Crippen LogP contribution in [0.3, 0.4) is 0 Å². The Hall–Kier alpha value is -2.20. The highest BCUT2D eigenvalue weighted by Crippen LogP contribution is 2.17. The normalized spacial score (nSPS) is 11.7. The number of benzene rings is 1. The van der Waals surface area contributed by atoms with Crippen LogP contribution in [0, 0.1) is 11.3 Å². The van der Waals surface area contributed by atoms with E-state index < -0.39 is 6.10 Å². The summed E-state index contributed by atoms with van der Waals surface area (Å²) in [7, 11) is 1.60. The zero-order chi connectivity index (χ0) is 16.7. The van der Waals surface area contributed by atoms with Crippen LogP contribution in [0.15, 0.2) is 41.8 Å². The number of hydrogen-bond donors (Lipinski definition) is 1. The van der Waals surface area contributed by atoms with E-state index in [4.69, 9.17) is 10.00 Å². The number of likely N-dealkylation sites (N-methyl/N-ethyl adjacent to an activating group) is 1. The lowest BCUT2D eigenvalue weighted by molar-refractivity contribution is 0.0138. The highest BCUT2D eigenvalue weighted by Gasteiger charge is 2.19. The Morgan fingerprint density at radius 3 is 2.83 bits per heavy atom. The number of ether oxygens (including phenoxy) is 1. The van der Waals surface area contributed by atoms with Gasteiger partial charge in [-0.2, -0.15) is 5.26 Å². The minimum Gasteiger partial charge on any atom is -0.389 e. The molecule has 6 heteroatoms. The van der Waals surface area contributed by atoms with Gasteiger partial charge in [0, 0.05) is 13.6 Å². The van der Waals surface area contributed by atoms with Crippen molar-refractivity contribution >= 4 is 17.2 Å². The van der Waals surface area contributed by atoms with Gasteiger partial charge < -0.3 is 14.7 Å². The molecule has 0 fully saturated rings. The Kier molecular flexibility index (Phi) is 6.29. The number of nitrogens with zero attached hydrogens (tertiary/aromatic N) is 2. The molecule has 5 nitrogen and oxygen atoms in total. The number of aliphatic hydroxyl groups is 1. The second-order valence-corrected chi connectivity index (χ2v) is 6.03. The fourth-order valence-corrected chi connectivity index (χ4v) is 2.91. The first-order valence-corrected chi connectivity index (χ1v) is 8.02. The van der Waals surface area contributed by atoms with Gasteiger partial charge in [0.1, 0.15) is 10.9 Å². The number of hydrogen-bond acceptors (Lipinski definition) is 5. The molecule has 1 aromatic heterocycles. The van der Waals surface area contributed by atoms with Gasteiger partial charge in [0.05, 0.1) is 24.9 Å². The van der Waals surface area contributed by atoms with Gasteiger partial charge >= 0.3 is 0 Å². The number of thiophene rings is 1. The van der Waals surface area contributed by atoms with E-state index in [1.165, 1.54) is 16.2 Å². The summed E-state index contributed by atoms with van der Waals surface area (Å²) in [6.07, 6.45) is -0.779. The van der Waals surface area contributed by atoms with Crippen LogP contribution in [0.5, 0.6) is 0 Å². The first-order chi connectivity index (χ1) is 11.1. The van der Waals surface area contributed by atoms with Gasteiger partial charge in [-0.3, -0.25) is 4.79 Å². The van der Waals surface area contributed by atoms with Crippen LogP contribution in [-0.2, 0) is 11.3 Å². The molecule has 1 aromatic carbocycles. The minimum absolute atomic E-state index is 0.141. The summed E-state index contributed by atoms with van der Waals surface area (Å²) in [6.45, 7) is 0.706. The average molecular weight is 330 g/mol. The van der Waals surface area contributed by atoms with Gasteiger partial charge in [-0.25, -0.2) is 0 Å². The van der Waals surface area contributed by atoms with Gasteiger partial charge in [0.25, 0.3) is 5.91 Å². The molecule has 0 aliphatic heterocycles. The molecular weight excluding hydrogens is 312 g/mol. The van der Waals surface area contributed by atoms with Gasteiger partial charge in [0.2, 0.25) is 0 Å². The molecule has 1 heterocycles. The van der Waals surface area contributed by atoms with E-state index in [1.807, 2.05) is 36.4 Å².